The molecule has 0 bridgehead atoms. The average Bonchev–Trinajstić information content (AvgIpc) is 2.66. The smallest absolute Gasteiger partial charge is 0.309 e. The van der Waals surface area contributed by atoms with Crippen molar-refractivity contribution in [3.05, 3.63) is 35.4 Å². The Hall–Kier alpha value is -1.31. The number of nitrogens with one attached hydrogen (secondary N) is 1. The van der Waals surface area contributed by atoms with Crippen molar-refractivity contribution < 1.29 is 9.53 Å². The molecular formula is C21H34IN3O2. The van der Waals surface area contributed by atoms with Crippen molar-refractivity contribution in [3.63, 3.8) is 0 Å². The minimum absolute atomic E-state index is 0. The zero-order chi connectivity index (χ0) is 18.9. The molecule has 27 heavy (non-hydrogen) atoms. The highest BCUT2D eigenvalue weighted by molar-refractivity contribution is 14.0. The van der Waals surface area contributed by atoms with E-state index in [1.165, 1.54) is 11.1 Å². The van der Waals surface area contributed by atoms with Crippen molar-refractivity contribution in [1.29, 1.82) is 0 Å². The van der Waals surface area contributed by atoms with Crippen molar-refractivity contribution >= 4 is 35.9 Å². The summed E-state index contributed by atoms with van der Waals surface area (Å²) in [5.74, 6) is 1.30. The Bertz CT molecular complexity index is 596. The van der Waals surface area contributed by atoms with E-state index in [1.54, 1.807) is 0 Å². The molecule has 0 radical (unpaired) electrons. The van der Waals surface area contributed by atoms with E-state index in [1.807, 2.05) is 6.92 Å². The Labute approximate surface area is 181 Å². The number of aryl methyl sites for hydroxylation is 1. The predicted molar refractivity (Wildman–Crippen MR) is 122 cm³/mol. The molecule has 0 amide bonds. The van der Waals surface area contributed by atoms with Crippen LogP contribution in [0.2, 0.25) is 0 Å². The van der Waals surface area contributed by atoms with Gasteiger partial charge in [-0.05, 0) is 39.2 Å². The van der Waals surface area contributed by atoms with E-state index in [4.69, 9.17) is 9.73 Å². The van der Waals surface area contributed by atoms with Crippen LogP contribution in [-0.4, -0.2) is 49.6 Å². The Morgan fingerprint density at radius 1 is 1.26 bits per heavy atom. The van der Waals surface area contributed by atoms with Gasteiger partial charge >= 0.3 is 5.97 Å². The Morgan fingerprint density at radius 2 is 1.89 bits per heavy atom. The minimum Gasteiger partial charge on any atom is -0.466 e. The number of benzene rings is 1. The number of piperidine rings is 1. The summed E-state index contributed by atoms with van der Waals surface area (Å²) < 4.78 is 5.16. The summed E-state index contributed by atoms with van der Waals surface area (Å²) in [6, 6.07) is 8.68. The number of rotatable bonds is 6. The number of nitrogens with zero attached hydrogens (tertiary/aromatic N) is 2. The molecule has 0 spiro atoms. The summed E-state index contributed by atoms with van der Waals surface area (Å²) in [6.07, 6.45) is 1.66. The molecule has 0 aromatic heterocycles. The second-order valence-corrected chi connectivity index (χ2v) is 7.02. The molecule has 1 aromatic carbocycles. The third-order valence-corrected chi connectivity index (χ3v) is 4.91. The number of guanidine groups is 1. The number of carbonyl (C=O) groups is 1. The molecule has 2 rings (SSSR count). The molecule has 5 nitrogen and oxygen atoms in total. The Kier molecular flexibility index (Phi) is 10.7. The fraction of sp³-hybridized carbons (Fsp3) is 0.619. The van der Waals surface area contributed by atoms with Crippen molar-refractivity contribution in [2.75, 3.05) is 32.8 Å². The lowest BCUT2D eigenvalue weighted by Gasteiger charge is -2.33. The highest BCUT2D eigenvalue weighted by Crippen LogP contribution is 2.20. The zero-order valence-electron chi connectivity index (χ0n) is 17.0. The van der Waals surface area contributed by atoms with Crippen molar-refractivity contribution in [1.82, 2.24) is 10.2 Å². The summed E-state index contributed by atoms with van der Waals surface area (Å²) in [5, 5.41) is 3.40. The van der Waals surface area contributed by atoms with Gasteiger partial charge in [0.05, 0.1) is 12.5 Å². The molecule has 152 valence electrons. The summed E-state index contributed by atoms with van der Waals surface area (Å²) in [4.78, 5) is 19.0. The van der Waals surface area contributed by atoms with Crippen molar-refractivity contribution in [2.24, 2.45) is 10.9 Å². The van der Waals surface area contributed by atoms with Crippen LogP contribution in [0.15, 0.2) is 29.3 Å². The van der Waals surface area contributed by atoms with Gasteiger partial charge in [0, 0.05) is 32.1 Å². The third kappa shape index (κ3) is 7.31. The van der Waals surface area contributed by atoms with Gasteiger partial charge in [0.15, 0.2) is 5.96 Å². The van der Waals surface area contributed by atoms with Crippen LogP contribution in [0, 0.1) is 12.8 Å². The molecule has 1 unspecified atom stereocenters. The monoisotopic (exact) mass is 487 g/mol. The number of halogens is 1. The van der Waals surface area contributed by atoms with E-state index < -0.39 is 0 Å². The third-order valence-electron chi connectivity index (χ3n) is 4.91. The van der Waals surface area contributed by atoms with Crippen LogP contribution >= 0.6 is 24.0 Å². The molecule has 6 heteroatoms. The molecule has 1 fully saturated rings. The second kappa shape index (κ2) is 12.2. The average molecular weight is 487 g/mol. The topological polar surface area (TPSA) is 53.9 Å². The van der Waals surface area contributed by atoms with Crippen LogP contribution < -0.4 is 5.32 Å². The minimum atomic E-state index is -0.0536. The molecule has 1 aliphatic rings. The van der Waals surface area contributed by atoms with Gasteiger partial charge < -0.3 is 15.0 Å². The molecule has 1 atom stereocenters. The summed E-state index contributed by atoms with van der Waals surface area (Å²) in [6.45, 7) is 12.0. The van der Waals surface area contributed by atoms with Crippen LogP contribution in [0.25, 0.3) is 0 Å². The van der Waals surface area contributed by atoms with Gasteiger partial charge in [-0.2, -0.15) is 0 Å². The van der Waals surface area contributed by atoms with E-state index in [0.717, 1.165) is 45.0 Å². The standard InChI is InChI=1S/C21H33N3O2.HI/c1-5-22-21(23-15-17(4)18-9-7-16(3)8-10-18)24-13-11-19(12-14-24)20(25)26-6-2;/h7-10,17,19H,5-6,11-15H2,1-4H3,(H,22,23);1H. The maximum Gasteiger partial charge on any atom is 0.309 e. The van der Waals surface area contributed by atoms with Gasteiger partial charge in [-0.25, -0.2) is 0 Å². The highest BCUT2D eigenvalue weighted by Gasteiger charge is 2.27. The number of hydrogen-bond donors (Lipinski definition) is 1. The summed E-state index contributed by atoms with van der Waals surface area (Å²) >= 11 is 0. The summed E-state index contributed by atoms with van der Waals surface area (Å²) in [7, 11) is 0. The van der Waals surface area contributed by atoms with E-state index in [2.05, 4.69) is 55.3 Å². The first-order chi connectivity index (χ1) is 12.5. The second-order valence-electron chi connectivity index (χ2n) is 7.02. The fourth-order valence-corrected chi connectivity index (χ4v) is 3.24. The maximum absolute atomic E-state index is 11.9. The van der Waals surface area contributed by atoms with Crippen molar-refractivity contribution in [3.8, 4) is 0 Å². The summed E-state index contributed by atoms with van der Waals surface area (Å²) in [5.41, 5.74) is 2.60. The first-order valence-corrected chi connectivity index (χ1v) is 9.81. The lowest BCUT2D eigenvalue weighted by Crippen LogP contribution is -2.46. The molecule has 0 aliphatic carbocycles. The number of hydrogen-bond acceptors (Lipinski definition) is 3. The Balaban J connectivity index is 0.00000364. The van der Waals surface area contributed by atoms with Gasteiger partial charge in [0.2, 0.25) is 0 Å². The number of aliphatic imine (C=N–C) groups is 1. The van der Waals surface area contributed by atoms with E-state index in [-0.39, 0.29) is 35.9 Å². The number of ether oxygens (including phenoxy) is 1. The quantitative estimate of drug-likeness (QED) is 0.286. The van der Waals surface area contributed by atoms with Crippen molar-refractivity contribution in [2.45, 2.75) is 46.5 Å². The molecule has 1 saturated heterocycles. The van der Waals surface area contributed by atoms with Crippen LogP contribution in [0.5, 0.6) is 0 Å². The van der Waals surface area contributed by atoms with Crippen LogP contribution in [-0.2, 0) is 9.53 Å². The highest BCUT2D eigenvalue weighted by atomic mass is 127. The van der Waals surface area contributed by atoms with Gasteiger partial charge in [0.1, 0.15) is 0 Å². The molecule has 1 N–H and O–H groups in total. The van der Waals surface area contributed by atoms with Gasteiger partial charge in [-0.3, -0.25) is 9.79 Å². The lowest BCUT2D eigenvalue weighted by molar-refractivity contribution is -0.149. The molecule has 1 heterocycles. The maximum atomic E-state index is 11.9. The van der Waals surface area contributed by atoms with E-state index in [9.17, 15) is 4.79 Å². The lowest BCUT2D eigenvalue weighted by atomic mass is 9.97. The molecule has 1 aromatic rings. The number of carbonyl (C=O) groups excluding carboxylic acids is 1. The number of likely N-dealkylation sites (tertiary alicyclic amines) is 1. The zero-order valence-corrected chi connectivity index (χ0v) is 19.4. The molecule has 0 saturated carbocycles. The Morgan fingerprint density at radius 3 is 2.44 bits per heavy atom. The van der Waals surface area contributed by atoms with Crippen LogP contribution in [0.1, 0.15) is 50.7 Å². The van der Waals surface area contributed by atoms with E-state index >= 15 is 0 Å². The molecule has 1 aliphatic heterocycles. The predicted octanol–water partition coefficient (Wildman–Crippen LogP) is 3.96. The van der Waals surface area contributed by atoms with Crippen LogP contribution in [0.3, 0.4) is 0 Å². The number of esters is 1. The first kappa shape index (κ1) is 23.7. The largest absolute Gasteiger partial charge is 0.466 e. The van der Waals surface area contributed by atoms with E-state index in [0.29, 0.717) is 12.5 Å². The SMILES string of the molecule is CCNC(=NCC(C)c1ccc(C)cc1)N1CCC(C(=O)OCC)CC1.I. The normalized spacial score (nSPS) is 16.4. The first-order valence-electron chi connectivity index (χ1n) is 9.81. The van der Waals surface area contributed by atoms with Crippen LogP contribution in [0.4, 0.5) is 0 Å². The van der Waals surface area contributed by atoms with Gasteiger partial charge in [0.25, 0.3) is 0 Å². The van der Waals surface area contributed by atoms with Gasteiger partial charge in [-0.15, -0.1) is 24.0 Å². The van der Waals surface area contributed by atoms with Gasteiger partial charge in [-0.1, -0.05) is 36.8 Å². The molecular weight excluding hydrogens is 453 g/mol. The fourth-order valence-electron chi connectivity index (χ4n) is 3.24.